The fraction of sp³-hybridized carbons (Fsp3) is 0.0238. The van der Waals surface area contributed by atoms with Crippen LogP contribution in [-0.4, -0.2) is 28.3 Å². The summed E-state index contributed by atoms with van der Waals surface area (Å²) in [5.41, 5.74) is 2.34. The smallest absolute Gasteiger partial charge is 0.213 e. The van der Waals surface area contributed by atoms with Crippen LogP contribution >= 0.6 is 6.89 Å². The van der Waals surface area contributed by atoms with E-state index in [-0.39, 0.29) is 17.3 Å². The molecule has 0 bridgehead atoms. The first-order valence-corrected chi connectivity index (χ1v) is 17.2. The van der Waals surface area contributed by atoms with E-state index in [0.717, 1.165) is 15.9 Å². The van der Waals surface area contributed by atoms with Crippen LogP contribution in [0.1, 0.15) is 33.2 Å². The standard InChI is InChI=1S/C42H33N2O2P/c1-32(43-44-39(33-20-8-2-9-21-33)40(45)34-22-10-3-11-23-34)42(41(46)35-24-12-4-13-25-35)47(36-26-14-5-15-27-36,37-28-16-6-17-29-37)38-30-18-7-19-31-38/h2-31H,1H3/b43-32-,44-39-. The number of benzene rings is 6. The van der Waals surface area contributed by atoms with Gasteiger partial charge >= 0.3 is 0 Å². The molecule has 0 fully saturated rings. The van der Waals surface area contributed by atoms with Crippen LogP contribution in [0.2, 0.25) is 0 Å². The monoisotopic (exact) mass is 628 g/mol. The van der Waals surface area contributed by atoms with Crippen molar-refractivity contribution in [3.63, 3.8) is 0 Å². The Bertz CT molecular complexity index is 1990. The number of carbonyl (C=O) groups is 2. The van der Waals surface area contributed by atoms with Crippen molar-refractivity contribution in [2.45, 2.75) is 6.92 Å². The molecule has 0 spiro atoms. The van der Waals surface area contributed by atoms with E-state index in [1.54, 1.807) is 12.1 Å². The molecule has 0 aliphatic heterocycles. The molecular formula is C42H33N2O2P. The van der Waals surface area contributed by atoms with Gasteiger partial charge < -0.3 is 0 Å². The predicted octanol–water partition coefficient (Wildman–Crippen LogP) is 7.78. The van der Waals surface area contributed by atoms with Gasteiger partial charge in [0.2, 0.25) is 5.78 Å². The lowest BCUT2D eigenvalue weighted by Crippen LogP contribution is -2.37. The second-order valence-electron chi connectivity index (χ2n) is 10.9. The van der Waals surface area contributed by atoms with Gasteiger partial charge in [-0.1, -0.05) is 182 Å². The Kier molecular flexibility index (Phi) is 9.72. The van der Waals surface area contributed by atoms with Crippen LogP contribution < -0.4 is 15.9 Å². The van der Waals surface area contributed by atoms with Crippen molar-refractivity contribution in [3.8, 4) is 0 Å². The second kappa shape index (κ2) is 14.6. The minimum absolute atomic E-state index is 0.136. The van der Waals surface area contributed by atoms with Crippen molar-refractivity contribution in [2.24, 2.45) is 10.2 Å². The fourth-order valence-electron chi connectivity index (χ4n) is 5.80. The number of ketones is 2. The molecule has 0 saturated heterocycles. The van der Waals surface area contributed by atoms with E-state index in [0.29, 0.717) is 27.7 Å². The highest BCUT2D eigenvalue weighted by Crippen LogP contribution is 2.47. The summed E-state index contributed by atoms with van der Waals surface area (Å²) in [5, 5.41) is 13.0. The Morgan fingerprint density at radius 1 is 0.404 bits per heavy atom. The first-order chi connectivity index (χ1) is 23.1. The molecular weight excluding hydrogens is 595 g/mol. The van der Waals surface area contributed by atoms with Crippen molar-refractivity contribution >= 4 is 51.1 Å². The summed E-state index contributed by atoms with van der Waals surface area (Å²) in [6, 6.07) is 58.3. The Labute approximate surface area is 275 Å². The Balaban J connectivity index is 1.73. The van der Waals surface area contributed by atoms with Gasteiger partial charge in [0, 0.05) is 16.7 Å². The van der Waals surface area contributed by atoms with Gasteiger partial charge in [-0.2, -0.15) is 5.10 Å². The van der Waals surface area contributed by atoms with E-state index in [4.69, 9.17) is 5.10 Å². The second-order valence-corrected chi connectivity index (χ2v) is 14.3. The molecule has 0 N–H and O–H groups in total. The van der Waals surface area contributed by atoms with E-state index < -0.39 is 6.89 Å². The topological polar surface area (TPSA) is 58.9 Å². The highest BCUT2D eigenvalue weighted by molar-refractivity contribution is 7.97. The molecule has 4 nitrogen and oxygen atoms in total. The largest absolute Gasteiger partial charge is 0.288 e. The number of hydrogen-bond acceptors (Lipinski definition) is 4. The van der Waals surface area contributed by atoms with E-state index >= 15 is 4.79 Å². The van der Waals surface area contributed by atoms with E-state index in [2.05, 4.69) is 41.5 Å². The van der Waals surface area contributed by atoms with Crippen LogP contribution in [0.5, 0.6) is 0 Å². The van der Waals surface area contributed by atoms with Crippen LogP contribution in [-0.2, 0) is 0 Å². The molecule has 0 saturated carbocycles. The summed E-state index contributed by atoms with van der Waals surface area (Å²) in [6.07, 6.45) is 0. The minimum Gasteiger partial charge on any atom is -0.288 e. The molecule has 5 heteroatoms. The molecule has 6 aromatic rings. The van der Waals surface area contributed by atoms with Crippen molar-refractivity contribution in [2.75, 3.05) is 0 Å². The van der Waals surface area contributed by atoms with Gasteiger partial charge in [-0.05, 0) is 29.7 Å². The summed E-state index contributed by atoms with van der Waals surface area (Å²) in [7, 11) is 0. The first-order valence-electron chi connectivity index (χ1n) is 15.4. The molecule has 0 aliphatic carbocycles. The maximum atomic E-state index is 15.0. The number of rotatable bonds is 10. The Hall–Kier alpha value is -5.70. The number of nitrogens with zero attached hydrogens (tertiary/aromatic N) is 2. The van der Waals surface area contributed by atoms with Crippen molar-refractivity contribution < 1.29 is 9.59 Å². The lowest BCUT2D eigenvalue weighted by atomic mass is 10.0. The summed E-state index contributed by atoms with van der Waals surface area (Å²) < 4.78 is 0. The molecule has 0 aliphatic rings. The summed E-state index contributed by atoms with van der Waals surface area (Å²) in [6.45, 7) is -1.04. The highest BCUT2D eigenvalue weighted by Gasteiger charge is 2.35. The summed E-state index contributed by atoms with van der Waals surface area (Å²) in [5.74, 6) is -0.387. The molecule has 6 aromatic carbocycles. The molecule has 0 amide bonds. The molecule has 228 valence electrons. The maximum Gasteiger partial charge on any atom is 0.213 e. The van der Waals surface area contributed by atoms with Gasteiger partial charge in [-0.25, -0.2) is 0 Å². The van der Waals surface area contributed by atoms with Gasteiger partial charge in [-0.3, -0.25) is 9.59 Å². The molecule has 0 aromatic heterocycles. The quantitative estimate of drug-likeness (QED) is 0.0673. The molecule has 0 radical (unpaired) electrons. The Morgan fingerprint density at radius 2 is 0.723 bits per heavy atom. The van der Waals surface area contributed by atoms with Crippen molar-refractivity contribution in [3.05, 3.63) is 199 Å². The van der Waals surface area contributed by atoms with Crippen LogP contribution in [0.4, 0.5) is 0 Å². The van der Waals surface area contributed by atoms with Gasteiger partial charge in [0.05, 0.1) is 11.0 Å². The van der Waals surface area contributed by atoms with Gasteiger partial charge in [-0.15, -0.1) is 5.10 Å². The van der Waals surface area contributed by atoms with E-state index in [9.17, 15) is 4.79 Å². The SMILES string of the molecule is C/C(=N/N=C(\C(=O)c1ccccc1)c1ccccc1)C(C(=O)c1ccccc1)=P(c1ccccc1)(c1ccccc1)c1ccccc1. The molecule has 47 heavy (non-hydrogen) atoms. The van der Waals surface area contributed by atoms with Crippen LogP contribution in [0.15, 0.2) is 192 Å². The predicted molar refractivity (Wildman–Crippen MR) is 198 cm³/mol. The molecule has 6 rings (SSSR count). The summed E-state index contributed by atoms with van der Waals surface area (Å²) in [4.78, 5) is 28.9. The third-order valence-corrected chi connectivity index (χ3v) is 12.4. The Morgan fingerprint density at radius 3 is 1.11 bits per heavy atom. The molecule has 0 unspecified atom stereocenters. The maximum absolute atomic E-state index is 15.0. The lowest BCUT2D eigenvalue weighted by Gasteiger charge is -2.32. The number of Topliss-reactive ketones (excluding diaryl/α,β-unsaturated/α-hetero) is 2. The zero-order valence-corrected chi connectivity index (χ0v) is 26.9. The van der Waals surface area contributed by atoms with E-state index in [1.807, 2.05) is 140 Å². The molecule has 0 atom stereocenters. The van der Waals surface area contributed by atoms with Crippen LogP contribution in [0.25, 0.3) is 0 Å². The van der Waals surface area contributed by atoms with Crippen molar-refractivity contribution in [1.82, 2.24) is 0 Å². The van der Waals surface area contributed by atoms with Gasteiger partial charge in [0.1, 0.15) is 5.71 Å². The zero-order valence-electron chi connectivity index (χ0n) is 26.0. The summed E-state index contributed by atoms with van der Waals surface area (Å²) >= 11 is 0. The minimum atomic E-state index is -2.87. The normalized spacial score (nSPS) is 11.9. The third kappa shape index (κ3) is 6.51. The van der Waals surface area contributed by atoms with Gasteiger partial charge in [0.25, 0.3) is 0 Å². The third-order valence-electron chi connectivity index (χ3n) is 7.96. The zero-order chi connectivity index (χ0) is 32.5. The first kappa shape index (κ1) is 31.3. The lowest BCUT2D eigenvalue weighted by molar-refractivity contribution is 0.106. The van der Waals surface area contributed by atoms with Crippen LogP contribution in [0.3, 0.4) is 0 Å². The van der Waals surface area contributed by atoms with E-state index in [1.165, 1.54) is 0 Å². The fourth-order valence-corrected chi connectivity index (χ4v) is 10.3. The molecule has 0 heterocycles. The number of hydrogen-bond donors (Lipinski definition) is 0. The highest BCUT2D eigenvalue weighted by atomic mass is 31.2. The van der Waals surface area contributed by atoms with Crippen molar-refractivity contribution in [1.29, 1.82) is 0 Å². The number of carbonyl (C=O) groups excluding carboxylic acids is 2. The van der Waals surface area contributed by atoms with Gasteiger partial charge in [0.15, 0.2) is 5.78 Å². The van der Waals surface area contributed by atoms with Crippen LogP contribution in [0, 0.1) is 0 Å². The average molecular weight is 629 g/mol. The average Bonchev–Trinajstić information content (AvgIpc) is 3.15.